The molecule has 0 bridgehead atoms. The van der Waals surface area contributed by atoms with Crippen molar-refractivity contribution >= 4 is 38.5 Å². The maximum absolute atomic E-state index is 13.7. The van der Waals surface area contributed by atoms with Crippen molar-refractivity contribution in [2.45, 2.75) is 25.3 Å². The first kappa shape index (κ1) is 13.4. The molecule has 1 N–H and O–H groups in total. The minimum absolute atomic E-state index is 0.254. The van der Waals surface area contributed by atoms with Gasteiger partial charge in [-0.3, -0.25) is 4.99 Å². The Morgan fingerprint density at radius 1 is 1.32 bits per heavy atom. The molecule has 2 aliphatic rings. The lowest BCUT2D eigenvalue weighted by atomic mass is 10.1. The molecule has 0 spiro atoms. The van der Waals surface area contributed by atoms with Gasteiger partial charge in [-0.25, -0.2) is 8.78 Å². The number of nitrogens with one attached hydrogen (secondary N) is 1. The highest BCUT2D eigenvalue weighted by molar-refractivity contribution is 9.10. The van der Waals surface area contributed by atoms with Crippen LogP contribution >= 0.6 is 27.7 Å². The Bertz CT molecular complexity index is 512. The second kappa shape index (κ2) is 5.40. The van der Waals surface area contributed by atoms with Crippen LogP contribution in [0.4, 0.5) is 14.5 Å². The Hall–Kier alpha value is -0.620. The topological polar surface area (TPSA) is 24.4 Å². The van der Waals surface area contributed by atoms with Crippen molar-refractivity contribution < 1.29 is 8.78 Å². The minimum atomic E-state index is -0.608. The second-order valence-corrected chi connectivity index (χ2v) is 6.74. The number of halogens is 3. The smallest absolute Gasteiger partial charge is 0.161 e. The Kier molecular flexibility index (Phi) is 3.80. The van der Waals surface area contributed by atoms with Gasteiger partial charge in [-0.15, -0.1) is 0 Å². The highest BCUT2D eigenvalue weighted by atomic mass is 79.9. The zero-order valence-corrected chi connectivity index (χ0v) is 12.5. The summed E-state index contributed by atoms with van der Waals surface area (Å²) in [5, 5.41) is 3.71. The van der Waals surface area contributed by atoms with E-state index in [9.17, 15) is 8.78 Å². The molecule has 1 fully saturated rings. The fraction of sp³-hybridized carbons (Fsp3) is 0.462. The van der Waals surface area contributed by atoms with Crippen LogP contribution in [-0.4, -0.2) is 17.0 Å². The van der Waals surface area contributed by atoms with Crippen molar-refractivity contribution in [1.29, 1.82) is 0 Å². The van der Waals surface area contributed by atoms with Crippen LogP contribution in [-0.2, 0) is 0 Å². The quantitative estimate of drug-likeness (QED) is 0.814. The van der Waals surface area contributed by atoms with Crippen molar-refractivity contribution in [2.75, 3.05) is 11.1 Å². The van der Waals surface area contributed by atoms with Crippen LogP contribution in [0.3, 0.4) is 0 Å². The average molecular weight is 347 g/mol. The van der Waals surface area contributed by atoms with Crippen LogP contribution in [0, 0.1) is 17.6 Å². The van der Waals surface area contributed by atoms with Crippen LogP contribution in [0.25, 0.3) is 0 Å². The van der Waals surface area contributed by atoms with Crippen LogP contribution in [0.5, 0.6) is 0 Å². The monoisotopic (exact) mass is 346 g/mol. The van der Waals surface area contributed by atoms with Crippen molar-refractivity contribution in [3.05, 3.63) is 28.2 Å². The highest BCUT2D eigenvalue weighted by Gasteiger charge is 2.31. The number of hydrogen-bond donors (Lipinski definition) is 1. The van der Waals surface area contributed by atoms with Crippen molar-refractivity contribution in [3.63, 3.8) is 0 Å². The summed E-state index contributed by atoms with van der Waals surface area (Å²) in [7, 11) is 0. The first-order valence-electron chi connectivity index (χ1n) is 6.25. The molecule has 102 valence electrons. The maximum atomic E-state index is 13.7. The molecule has 0 amide bonds. The predicted octanol–water partition coefficient (Wildman–Crippen LogP) is 4.41. The number of anilines is 1. The molecule has 2 atom stereocenters. The van der Waals surface area contributed by atoms with E-state index >= 15 is 0 Å². The van der Waals surface area contributed by atoms with E-state index in [1.165, 1.54) is 18.9 Å². The molecule has 1 aromatic rings. The summed E-state index contributed by atoms with van der Waals surface area (Å²) in [6, 6.07) is 2.49. The SMILES string of the molecule is Fc1cc(F)c(NC2=NC3CCCC3CS2)c(Br)c1. The number of fused-ring (bicyclic) bond motifs is 1. The lowest BCUT2D eigenvalue weighted by Crippen LogP contribution is -2.25. The first-order chi connectivity index (χ1) is 9.13. The number of amidine groups is 1. The first-order valence-corrected chi connectivity index (χ1v) is 8.03. The van der Waals surface area contributed by atoms with Gasteiger partial charge in [0.25, 0.3) is 0 Å². The summed E-state index contributed by atoms with van der Waals surface area (Å²) in [6.07, 6.45) is 3.58. The van der Waals surface area contributed by atoms with E-state index in [0.717, 1.165) is 23.4 Å². The summed E-state index contributed by atoms with van der Waals surface area (Å²) in [4.78, 5) is 4.63. The second-order valence-electron chi connectivity index (χ2n) is 4.87. The molecule has 1 aromatic carbocycles. The average Bonchev–Trinajstić information content (AvgIpc) is 2.81. The molecule has 0 saturated heterocycles. The number of rotatable bonds is 1. The van der Waals surface area contributed by atoms with Crippen LogP contribution in [0.15, 0.2) is 21.6 Å². The number of nitrogens with zero attached hydrogens (tertiary/aromatic N) is 1. The molecular weight excluding hydrogens is 334 g/mol. The predicted molar refractivity (Wildman–Crippen MR) is 78.7 cm³/mol. The molecule has 1 heterocycles. The molecule has 0 aromatic heterocycles. The van der Waals surface area contributed by atoms with E-state index in [1.807, 2.05) is 0 Å². The third-order valence-electron chi connectivity index (χ3n) is 3.57. The fourth-order valence-electron chi connectivity index (χ4n) is 2.59. The van der Waals surface area contributed by atoms with Gasteiger partial charge in [0.05, 0.1) is 11.7 Å². The van der Waals surface area contributed by atoms with Crippen LogP contribution < -0.4 is 5.32 Å². The Balaban J connectivity index is 1.82. The Morgan fingerprint density at radius 3 is 2.95 bits per heavy atom. The van der Waals surface area contributed by atoms with E-state index in [0.29, 0.717) is 16.4 Å². The summed E-state index contributed by atoms with van der Waals surface area (Å²) in [6.45, 7) is 0. The zero-order valence-electron chi connectivity index (χ0n) is 10.1. The Labute approximate surface area is 123 Å². The van der Waals surface area contributed by atoms with E-state index in [4.69, 9.17) is 0 Å². The zero-order chi connectivity index (χ0) is 13.4. The standard InChI is InChI=1S/C13H13BrF2N2S/c14-9-4-8(15)5-10(16)12(9)18-13-17-11-3-1-2-7(11)6-19-13/h4-5,7,11H,1-3,6H2,(H,17,18). The molecule has 2 unspecified atom stereocenters. The van der Waals surface area contributed by atoms with Gasteiger partial charge in [-0.1, -0.05) is 18.2 Å². The molecule has 0 radical (unpaired) electrons. The molecule has 1 saturated carbocycles. The summed E-state index contributed by atoms with van der Waals surface area (Å²) in [5.41, 5.74) is 0.254. The van der Waals surface area contributed by atoms with E-state index in [1.54, 1.807) is 11.8 Å². The molecule has 1 aliphatic heterocycles. The summed E-state index contributed by atoms with van der Waals surface area (Å²) >= 11 is 4.79. The molecule has 19 heavy (non-hydrogen) atoms. The molecule has 6 heteroatoms. The van der Waals surface area contributed by atoms with Gasteiger partial charge in [-0.2, -0.15) is 0 Å². The molecule has 3 rings (SSSR count). The molecule has 2 nitrogen and oxygen atoms in total. The van der Waals surface area contributed by atoms with Crippen molar-refractivity contribution in [3.8, 4) is 0 Å². The van der Waals surface area contributed by atoms with Gasteiger partial charge in [0.15, 0.2) is 11.0 Å². The lowest BCUT2D eigenvalue weighted by molar-refractivity contribution is 0.535. The van der Waals surface area contributed by atoms with Gasteiger partial charge in [-0.05, 0) is 40.8 Å². The van der Waals surface area contributed by atoms with Gasteiger partial charge in [0, 0.05) is 16.3 Å². The van der Waals surface area contributed by atoms with Gasteiger partial charge in [0.2, 0.25) is 0 Å². The lowest BCUT2D eigenvalue weighted by Gasteiger charge is -2.23. The summed E-state index contributed by atoms with van der Waals surface area (Å²) < 4.78 is 27.1. The molecule has 1 aliphatic carbocycles. The van der Waals surface area contributed by atoms with Crippen LogP contribution in [0.1, 0.15) is 19.3 Å². The normalized spacial score (nSPS) is 25.9. The number of hydrogen-bond acceptors (Lipinski definition) is 3. The van der Waals surface area contributed by atoms with Gasteiger partial charge in [0.1, 0.15) is 5.82 Å². The van der Waals surface area contributed by atoms with Crippen LogP contribution in [0.2, 0.25) is 0 Å². The maximum Gasteiger partial charge on any atom is 0.161 e. The highest BCUT2D eigenvalue weighted by Crippen LogP contribution is 2.36. The third kappa shape index (κ3) is 2.79. The fourth-order valence-corrected chi connectivity index (χ4v) is 4.24. The summed E-state index contributed by atoms with van der Waals surface area (Å²) in [5.74, 6) is 0.488. The van der Waals surface area contributed by atoms with E-state index in [-0.39, 0.29) is 5.69 Å². The number of aliphatic imine (C=N–C) groups is 1. The third-order valence-corrected chi connectivity index (χ3v) is 5.28. The van der Waals surface area contributed by atoms with Gasteiger partial charge < -0.3 is 5.32 Å². The van der Waals surface area contributed by atoms with E-state index < -0.39 is 11.6 Å². The minimum Gasteiger partial charge on any atom is -0.332 e. The van der Waals surface area contributed by atoms with E-state index in [2.05, 4.69) is 26.2 Å². The van der Waals surface area contributed by atoms with Crippen molar-refractivity contribution in [1.82, 2.24) is 0 Å². The Morgan fingerprint density at radius 2 is 2.16 bits per heavy atom. The molecular formula is C13H13BrF2N2S. The van der Waals surface area contributed by atoms with Gasteiger partial charge >= 0.3 is 0 Å². The largest absolute Gasteiger partial charge is 0.332 e. The van der Waals surface area contributed by atoms with Crippen molar-refractivity contribution in [2.24, 2.45) is 10.9 Å². The number of thioether (sulfide) groups is 1. The number of benzene rings is 1.